The maximum Gasteiger partial charge on any atom is 0.0946 e. The van der Waals surface area contributed by atoms with Crippen molar-refractivity contribution < 1.29 is 0 Å². The normalized spacial score (nSPS) is 24.3. The second-order valence-corrected chi connectivity index (χ2v) is 6.33. The van der Waals surface area contributed by atoms with Crippen LogP contribution in [-0.2, 0) is 6.54 Å². The first-order chi connectivity index (χ1) is 9.68. The lowest BCUT2D eigenvalue weighted by atomic mass is 9.56. The lowest BCUT2D eigenvalue weighted by Crippen LogP contribution is -2.55. The summed E-state index contributed by atoms with van der Waals surface area (Å²) in [6.07, 6.45) is 6.96. The minimum Gasteiger partial charge on any atom is -0.336 e. The van der Waals surface area contributed by atoms with Gasteiger partial charge in [0.05, 0.1) is 6.33 Å². The van der Waals surface area contributed by atoms with Gasteiger partial charge in [-0.15, -0.1) is 0 Å². The molecule has 0 bridgehead atoms. The number of benzene rings is 1. The molecule has 1 N–H and O–H groups in total. The lowest BCUT2D eigenvalue weighted by molar-refractivity contribution is 0.0687. The topological polar surface area (TPSA) is 29.9 Å². The molecule has 1 aromatic carbocycles. The van der Waals surface area contributed by atoms with Gasteiger partial charge in [0.2, 0.25) is 0 Å². The zero-order valence-corrected chi connectivity index (χ0v) is 12.3. The molecule has 2 atom stereocenters. The molecular weight excluding hydrogens is 246 g/mol. The van der Waals surface area contributed by atoms with Gasteiger partial charge in [0, 0.05) is 31.5 Å². The summed E-state index contributed by atoms with van der Waals surface area (Å²) >= 11 is 0. The highest BCUT2D eigenvalue weighted by Gasteiger charge is 2.48. The van der Waals surface area contributed by atoms with E-state index < -0.39 is 0 Å². The molecule has 1 aliphatic carbocycles. The van der Waals surface area contributed by atoms with Gasteiger partial charge >= 0.3 is 0 Å². The van der Waals surface area contributed by atoms with Crippen molar-refractivity contribution in [2.75, 3.05) is 6.54 Å². The Morgan fingerprint density at radius 3 is 2.75 bits per heavy atom. The van der Waals surface area contributed by atoms with Gasteiger partial charge in [0.25, 0.3) is 0 Å². The number of nitrogens with zero attached hydrogens (tertiary/aromatic N) is 2. The summed E-state index contributed by atoms with van der Waals surface area (Å²) in [5, 5.41) is 3.70. The van der Waals surface area contributed by atoms with Crippen molar-refractivity contribution in [2.45, 2.75) is 38.8 Å². The second kappa shape index (κ2) is 5.41. The summed E-state index contributed by atoms with van der Waals surface area (Å²) in [5.41, 5.74) is 1.81. The molecule has 0 amide bonds. The zero-order chi connectivity index (χ0) is 14.0. The van der Waals surface area contributed by atoms with Crippen LogP contribution in [0.2, 0.25) is 0 Å². The number of imidazole rings is 1. The van der Waals surface area contributed by atoms with E-state index in [1.165, 1.54) is 12.0 Å². The van der Waals surface area contributed by atoms with Gasteiger partial charge < -0.3 is 9.88 Å². The Bertz CT molecular complexity index is 531. The summed E-state index contributed by atoms with van der Waals surface area (Å²) in [6, 6.07) is 11.5. The standard InChI is InChI=1S/C17H23N3/c1-17(2)15(14-6-4-3-5-7-14)12-16(17)19-9-11-20-10-8-18-13-20/h3-8,10,13,15-16,19H,9,11-12H2,1-2H3/t15-,16+/m1/s1. The van der Waals surface area contributed by atoms with Crippen molar-refractivity contribution in [3.05, 3.63) is 54.6 Å². The van der Waals surface area contributed by atoms with E-state index in [4.69, 9.17) is 0 Å². The van der Waals surface area contributed by atoms with Crippen LogP contribution in [0.3, 0.4) is 0 Å². The van der Waals surface area contributed by atoms with Gasteiger partial charge in [-0.1, -0.05) is 44.2 Å². The Morgan fingerprint density at radius 1 is 1.30 bits per heavy atom. The van der Waals surface area contributed by atoms with E-state index in [-0.39, 0.29) is 0 Å². The first-order valence-corrected chi connectivity index (χ1v) is 7.42. The van der Waals surface area contributed by atoms with E-state index >= 15 is 0 Å². The molecule has 3 rings (SSSR count). The smallest absolute Gasteiger partial charge is 0.0946 e. The third-order valence-corrected chi connectivity index (χ3v) is 4.79. The number of nitrogens with one attached hydrogen (secondary N) is 1. The Labute approximate surface area is 121 Å². The Morgan fingerprint density at radius 2 is 2.10 bits per heavy atom. The minimum atomic E-state index is 0.330. The SMILES string of the molecule is CC1(C)[C@@H](NCCn2ccnc2)C[C@@H]1c1ccccc1. The van der Waals surface area contributed by atoms with E-state index in [0.29, 0.717) is 17.4 Å². The molecule has 1 aliphatic rings. The molecule has 0 aliphatic heterocycles. The number of aromatic nitrogens is 2. The molecule has 1 heterocycles. The summed E-state index contributed by atoms with van der Waals surface area (Å²) < 4.78 is 2.12. The van der Waals surface area contributed by atoms with Crippen LogP contribution in [0.4, 0.5) is 0 Å². The van der Waals surface area contributed by atoms with Crippen LogP contribution >= 0.6 is 0 Å². The fraction of sp³-hybridized carbons (Fsp3) is 0.471. The van der Waals surface area contributed by atoms with Crippen molar-refractivity contribution in [3.8, 4) is 0 Å². The number of rotatable bonds is 5. The van der Waals surface area contributed by atoms with Crippen molar-refractivity contribution >= 4 is 0 Å². The van der Waals surface area contributed by atoms with E-state index in [0.717, 1.165) is 13.1 Å². The second-order valence-electron chi connectivity index (χ2n) is 6.33. The monoisotopic (exact) mass is 269 g/mol. The molecule has 1 aromatic heterocycles. The fourth-order valence-electron chi connectivity index (χ4n) is 3.31. The molecular formula is C17H23N3. The summed E-state index contributed by atoms with van der Waals surface area (Å²) in [7, 11) is 0. The maximum atomic E-state index is 4.07. The molecule has 3 heteroatoms. The highest BCUT2D eigenvalue weighted by Crippen LogP contribution is 2.52. The van der Waals surface area contributed by atoms with Crippen LogP contribution in [0.5, 0.6) is 0 Å². The van der Waals surface area contributed by atoms with Gasteiger partial charge in [-0.3, -0.25) is 0 Å². The molecule has 0 saturated heterocycles. The molecule has 1 fully saturated rings. The van der Waals surface area contributed by atoms with Crippen LogP contribution < -0.4 is 5.32 Å². The fourth-order valence-corrected chi connectivity index (χ4v) is 3.31. The molecule has 2 aromatic rings. The van der Waals surface area contributed by atoms with E-state index in [2.05, 4.69) is 59.0 Å². The van der Waals surface area contributed by atoms with Gasteiger partial charge in [-0.25, -0.2) is 4.98 Å². The highest BCUT2D eigenvalue weighted by atomic mass is 15.1. The molecule has 0 radical (unpaired) electrons. The predicted octanol–water partition coefficient (Wildman–Crippen LogP) is 3.06. The van der Waals surface area contributed by atoms with Crippen molar-refractivity contribution in [2.24, 2.45) is 5.41 Å². The summed E-state index contributed by atoms with van der Waals surface area (Å²) in [6.45, 7) is 6.75. The van der Waals surface area contributed by atoms with E-state index in [1.807, 2.05) is 18.7 Å². The maximum absolute atomic E-state index is 4.07. The van der Waals surface area contributed by atoms with Crippen molar-refractivity contribution in [1.82, 2.24) is 14.9 Å². The van der Waals surface area contributed by atoms with Gasteiger partial charge in [-0.05, 0) is 23.3 Å². The van der Waals surface area contributed by atoms with Crippen molar-refractivity contribution in [1.29, 1.82) is 0 Å². The van der Waals surface area contributed by atoms with Gasteiger partial charge in [-0.2, -0.15) is 0 Å². The Hall–Kier alpha value is -1.61. The lowest BCUT2D eigenvalue weighted by Gasteiger charge is -2.53. The molecule has 106 valence electrons. The van der Waals surface area contributed by atoms with E-state index in [9.17, 15) is 0 Å². The summed E-state index contributed by atoms with van der Waals surface area (Å²) in [5.74, 6) is 0.675. The van der Waals surface area contributed by atoms with Crippen LogP contribution in [0.15, 0.2) is 49.1 Å². The molecule has 1 saturated carbocycles. The Balaban J connectivity index is 1.53. The van der Waals surface area contributed by atoms with Crippen LogP contribution in [0, 0.1) is 5.41 Å². The zero-order valence-electron chi connectivity index (χ0n) is 12.3. The minimum absolute atomic E-state index is 0.330. The number of hydrogen-bond acceptors (Lipinski definition) is 2. The average Bonchev–Trinajstić information content (AvgIpc) is 2.96. The third kappa shape index (κ3) is 2.50. The average molecular weight is 269 g/mol. The summed E-state index contributed by atoms with van der Waals surface area (Å²) in [4.78, 5) is 4.07. The molecule has 3 nitrogen and oxygen atoms in total. The van der Waals surface area contributed by atoms with Crippen LogP contribution in [-0.4, -0.2) is 22.1 Å². The molecule has 20 heavy (non-hydrogen) atoms. The van der Waals surface area contributed by atoms with Crippen LogP contribution in [0.1, 0.15) is 31.7 Å². The molecule has 0 unspecified atom stereocenters. The first kappa shape index (κ1) is 13.4. The van der Waals surface area contributed by atoms with Gasteiger partial charge in [0.15, 0.2) is 0 Å². The quantitative estimate of drug-likeness (QED) is 0.904. The first-order valence-electron chi connectivity index (χ1n) is 7.42. The van der Waals surface area contributed by atoms with Crippen molar-refractivity contribution in [3.63, 3.8) is 0 Å². The Kier molecular flexibility index (Phi) is 3.62. The third-order valence-electron chi connectivity index (χ3n) is 4.79. The molecule has 0 spiro atoms. The van der Waals surface area contributed by atoms with E-state index in [1.54, 1.807) is 0 Å². The number of hydrogen-bond donors (Lipinski definition) is 1. The predicted molar refractivity (Wildman–Crippen MR) is 81.6 cm³/mol. The van der Waals surface area contributed by atoms with Crippen LogP contribution in [0.25, 0.3) is 0 Å². The highest BCUT2D eigenvalue weighted by molar-refractivity contribution is 5.27. The van der Waals surface area contributed by atoms with Gasteiger partial charge in [0.1, 0.15) is 0 Å². The largest absolute Gasteiger partial charge is 0.336 e.